The number of aliphatic hydroxyl groups is 1. The van der Waals surface area contributed by atoms with Crippen molar-refractivity contribution in [2.75, 3.05) is 34.9 Å². The van der Waals surface area contributed by atoms with Gasteiger partial charge in [0.2, 0.25) is 0 Å². The van der Waals surface area contributed by atoms with E-state index in [-0.39, 0.29) is 6.61 Å². The number of aromatic nitrogens is 4. The van der Waals surface area contributed by atoms with E-state index in [9.17, 15) is 5.11 Å². The highest BCUT2D eigenvalue weighted by Crippen LogP contribution is 2.43. The second kappa shape index (κ2) is 13.3. The van der Waals surface area contributed by atoms with Crippen LogP contribution in [-0.4, -0.2) is 82.5 Å². The number of ether oxygens (including phenoxy) is 4. The van der Waals surface area contributed by atoms with Gasteiger partial charge in [0.1, 0.15) is 41.6 Å². The first-order valence-electron chi connectivity index (χ1n) is 15.1. The molecule has 1 N–H and O–H groups in total. The van der Waals surface area contributed by atoms with Crippen molar-refractivity contribution in [2.45, 2.75) is 37.4 Å². The van der Waals surface area contributed by atoms with Gasteiger partial charge in [0.05, 0.1) is 33.3 Å². The van der Waals surface area contributed by atoms with Crippen LogP contribution in [0.2, 0.25) is 0 Å². The van der Waals surface area contributed by atoms with Crippen molar-refractivity contribution in [1.82, 2.24) is 24.4 Å². The normalized spacial score (nSPS) is 18.6. The Kier molecular flexibility index (Phi) is 8.98. The molecule has 6 rings (SSSR count). The van der Waals surface area contributed by atoms with Gasteiger partial charge in [-0.1, -0.05) is 54.6 Å². The summed E-state index contributed by atoms with van der Waals surface area (Å²) >= 11 is 0. The first kappa shape index (κ1) is 31.2. The van der Waals surface area contributed by atoms with E-state index in [1.165, 1.54) is 6.33 Å². The van der Waals surface area contributed by atoms with Gasteiger partial charge in [-0.15, -0.1) is 0 Å². The van der Waals surface area contributed by atoms with Gasteiger partial charge >= 0.3 is 0 Å². The van der Waals surface area contributed by atoms with Crippen molar-refractivity contribution in [3.05, 3.63) is 108 Å². The molecule has 1 fully saturated rings. The van der Waals surface area contributed by atoms with Crippen molar-refractivity contribution in [2.24, 2.45) is 4.99 Å². The fourth-order valence-electron chi connectivity index (χ4n) is 5.70. The topological polar surface area (TPSA) is 116 Å². The third-order valence-electron chi connectivity index (χ3n) is 8.41. The van der Waals surface area contributed by atoms with Gasteiger partial charge in [0, 0.05) is 20.5 Å². The Labute approximate surface area is 268 Å². The molecule has 1 saturated heterocycles. The van der Waals surface area contributed by atoms with Gasteiger partial charge in [0.15, 0.2) is 17.0 Å². The lowest BCUT2D eigenvalue weighted by Crippen LogP contribution is -2.38. The minimum Gasteiger partial charge on any atom is -0.497 e. The summed E-state index contributed by atoms with van der Waals surface area (Å²) < 4.78 is 26.2. The molecule has 0 radical (unpaired) electrons. The predicted molar refractivity (Wildman–Crippen MR) is 175 cm³/mol. The molecule has 0 saturated carbocycles. The van der Waals surface area contributed by atoms with E-state index in [1.54, 1.807) is 20.5 Å². The molecule has 3 atom stereocenters. The molecule has 5 aromatic rings. The van der Waals surface area contributed by atoms with Crippen molar-refractivity contribution < 1.29 is 24.1 Å². The van der Waals surface area contributed by atoms with Crippen molar-refractivity contribution in [3.63, 3.8) is 0 Å². The summed E-state index contributed by atoms with van der Waals surface area (Å²) in [6.45, 7) is 2.00. The number of methoxy groups -OCH3 is 2. The van der Waals surface area contributed by atoms with Crippen LogP contribution in [0.25, 0.3) is 11.2 Å². The monoisotopic (exact) mass is 622 g/mol. The molecule has 0 amide bonds. The molecule has 0 spiro atoms. The number of nitrogens with zero attached hydrogens (tertiary/aromatic N) is 6. The molecule has 11 heteroatoms. The predicted octanol–water partition coefficient (Wildman–Crippen LogP) is 5.11. The fourth-order valence-corrected chi connectivity index (χ4v) is 5.70. The fraction of sp³-hybridized carbons (Fsp3) is 0.314. The molecule has 238 valence electrons. The average Bonchev–Trinajstić information content (AvgIpc) is 3.69. The van der Waals surface area contributed by atoms with Gasteiger partial charge in [-0.2, -0.15) is 0 Å². The number of imidazole rings is 1. The Morgan fingerprint density at radius 3 is 2.11 bits per heavy atom. The molecular weight excluding hydrogens is 584 g/mol. The molecule has 0 bridgehead atoms. The summed E-state index contributed by atoms with van der Waals surface area (Å²) in [7, 11) is 7.12. The Hall–Kier alpha value is -4.84. The maximum atomic E-state index is 11.3. The van der Waals surface area contributed by atoms with E-state index >= 15 is 0 Å². The van der Waals surface area contributed by atoms with Crippen molar-refractivity contribution in [3.8, 4) is 11.5 Å². The zero-order valence-electron chi connectivity index (χ0n) is 26.6. The lowest BCUT2D eigenvalue weighted by Gasteiger charge is -2.37. The highest BCUT2D eigenvalue weighted by molar-refractivity contribution is 5.88. The van der Waals surface area contributed by atoms with Crippen molar-refractivity contribution >= 4 is 22.8 Å². The number of hydrogen-bond donors (Lipinski definition) is 1. The smallest absolute Gasteiger partial charge is 0.185 e. The zero-order valence-corrected chi connectivity index (χ0v) is 26.6. The minimum atomic E-state index is -1.03. The molecule has 1 aliphatic rings. The third-order valence-corrected chi connectivity index (χ3v) is 8.41. The van der Waals surface area contributed by atoms with E-state index in [0.717, 1.165) is 34.0 Å². The number of hydrogen-bond acceptors (Lipinski definition) is 9. The first-order chi connectivity index (χ1) is 22.3. The van der Waals surface area contributed by atoms with Gasteiger partial charge in [-0.25, -0.2) is 19.9 Å². The Balaban J connectivity index is 1.33. The van der Waals surface area contributed by atoms with Crippen molar-refractivity contribution in [1.29, 1.82) is 0 Å². The van der Waals surface area contributed by atoms with E-state index in [0.29, 0.717) is 23.4 Å². The zero-order chi connectivity index (χ0) is 32.3. The minimum absolute atomic E-state index is 0.101. The highest BCUT2D eigenvalue weighted by Gasteiger charge is 2.42. The van der Waals surface area contributed by atoms with Crippen LogP contribution in [0.15, 0.2) is 96.5 Å². The lowest BCUT2D eigenvalue weighted by atomic mass is 9.80. The lowest BCUT2D eigenvalue weighted by molar-refractivity contribution is -0.0931. The standard InChI is InChI=1S/C35H38N6O5/c1-23(40(2)3)39-33-32-34(37-21-36-33)41(22-38-32)31-19-29(42)30(46-31)20-45-35(24-9-7-6-8-10-24,25-11-15-27(43-4)16-12-25)26-13-17-28(44-5)18-14-26/h6-18,21-22,29-31,42H,19-20H2,1-5H3/t29-,30+,31+/m0/s1. The van der Waals surface area contributed by atoms with Gasteiger partial charge in [-0.3, -0.25) is 4.57 Å². The molecule has 11 nitrogen and oxygen atoms in total. The molecule has 3 heterocycles. The van der Waals surface area contributed by atoms with Gasteiger partial charge in [0.25, 0.3) is 0 Å². The molecule has 2 aromatic heterocycles. The number of fused-ring (bicyclic) bond motifs is 1. The Morgan fingerprint density at radius 2 is 1.52 bits per heavy atom. The van der Waals surface area contributed by atoms with Crippen LogP contribution in [-0.2, 0) is 15.1 Å². The number of aliphatic imine (C=N–C) groups is 1. The molecule has 0 unspecified atom stereocenters. The number of rotatable bonds is 10. The third kappa shape index (κ3) is 5.92. The summed E-state index contributed by atoms with van der Waals surface area (Å²) in [6, 6.07) is 25.7. The molecule has 46 heavy (non-hydrogen) atoms. The number of aliphatic hydroxyl groups excluding tert-OH is 1. The first-order valence-corrected chi connectivity index (χ1v) is 15.1. The van der Waals surface area contributed by atoms with E-state index < -0.39 is 24.0 Å². The second-order valence-corrected chi connectivity index (χ2v) is 11.3. The largest absolute Gasteiger partial charge is 0.497 e. The van der Waals surface area contributed by atoms with Gasteiger partial charge < -0.3 is 29.0 Å². The highest BCUT2D eigenvalue weighted by atomic mass is 16.6. The van der Waals surface area contributed by atoms with Crippen LogP contribution < -0.4 is 9.47 Å². The Bertz CT molecular complexity index is 1740. The molecule has 3 aromatic carbocycles. The van der Waals surface area contributed by atoms with Crippen LogP contribution in [0.1, 0.15) is 36.3 Å². The summed E-state index contributed by atoms with van der Waals surface area (Å²) in [5, 5.41) is 11.3. The maximum absolute atomic E-state index is 11.3. The van der Waals surface area contributed by atoms with Crippen LogP contribution in [0.5, 0.6) is 11.5 Å². The SMILES string of the molecule is COc1ccc(C(OC[C@H]2O[C@@H](n3cnc4c(N=C(C)N(C)C)ncnc43)C[C@@H]2O)(c2ccccc2)c2ccc(OC)cc2)cc1. The molecular formula is C35H38N6O5. The van der Waals surface area contributed by atoms with E-state index in [4.69, 9.17) is 18.9 Å². The number of amidine groups is 1. The second-order valence-electron chi connectivity index (χ2n) is 11.3. The Morgan fingerprint density at radius 1 is 0.913 bits per heavy atom. The van der Waals surface area contributed by atoms with Crippen LogP contribution in [0, 0.1) is 0 Å². The summed E-state index contributed by atoms with van der Waals surface area (Å²) in [5.41, 5.74) is 2.82. The van der Waals surface area contributed by atoms with Crippen LogP contribution in [0.3, 0.4) is 0 Å². The summed E-state index contributed by atoms with van der Waals surface area (Å²) in [5.74, 6) is 2.73. The van der Waals surface area contributed by atoms with Gasteiger partial charge in [-0.05, 0) is 47.9 Å². The van der Waals surface area contributed by atoms with E-state index in [2.05, 4.69) is 19.9 Å². The maximum Gasteiger partial charge on any atom is 0.185 e. The van der Waals surface area contributed by atoms with Crippen LogP contribution in [0.4, 0.5) is 5.82 Å². The summed E-state index contributed by atoms with van der Waals surface area (Å²) in [4.78, 5) is 19.9. The average molecular weight is 623 g/mol. The molecule has 0 aliphatic carbocycles. The number of benzene rings is 3. The summed E-state index contributed by atoms with van der Waals surface area (Å²) in [6.07, 6.45) is 1.53. The molecule has 1 aliphatic heterocycles. The quantitative estimate of drug-likeness (QED) is 0.129. The van der Waals surface area contributed by atoms with E-state index in [1.807, 2.05) is 109 Å². The van der Waals surface area contributed by atoms with Crippen LogP contribution >= 0.6 is 0 Å².